The Bertz CT molecular complexity index is 494. The van der Waals surface area contributed by atoms with Gasteiger partial charge >= 0.3 is 5.97 Å². The second kappa shape index (κ2) is 6.08. The van der Waals surface area contributed by atoms with Gasteiger partial charge in [-0.25, -0.2) is 4.79 Å². The van der Waals surface area contributed by atoms with Crippen molar-refractivity contribution in [3.8, 4) is 0 Å². The largest absolute Gasteiger partial charge is 0.479 e. The number of hydrogen-bond donors (Lipinski definition) is 2. The molecule has 0 aromatic heterocycles. The predicted octanol–water partition coefficient (Wildman–Crippen LogP) is 4.32. The van der Waals surface area contributed by atoms with Crippen molar-refractivity contribution in [2.24, 2.45) is 17.8 Å². The van der Waals surface area contributed by atoms with E-state index in [1.807, 2.05) is 31.2 Å². The molecule has 0 saturated heterocycles. The van der Waals surface area contributed by atoms with Crippen molar-refractivity contribution in [3.05, 3.63) is 29.8 Å². The Labute approximate surface area is 127 Å². The van der Waals surface area contributed by atoms with E-state index in [0.29, 0.717) is 18.3 Å². The fourth-order valence-corrected chi connectivity index (χ4v) is 3.75. The lowest BCUT2D eigenvalue weighted by molar-refractivity contribution is -0.147. The number of aliphatic carboxylic acids is 1. The number of hydrogen-bond acceptors (Lipinski definition) is 2. The molecule has 3 heteroatoms. The number of aryl methyl sites for hydroxylation is 1. The third-order valence-corrected chi connectivity index (χ3v) is 4.88. The molecule has 1 fully saturated rings. The molecule has 1 aliphatic rings. The van der Waals surface area contributed by atoms with Crippen LogP contribution in [0.15, 0.2) is 24.3 Å². The normalized spacial score (nSPS) is 29.4. The topological polar surface area (TPSA) is 49.3 Å². The highest BCUT2D eigenvalue weighted by Gasteiger charge is 2.50. The van der Waals surface area contributed by atoms with E-state index in [1.165, 1.54) is 5.56 Å². The van der Waals surface area contributed by atoms with E-state index < -0.39 is 11.5 Å². The average Bonchev–Trinajstić information content (AvgIpc) is 2.41. The summed E-state index contributed by atoms with van der Waals surface area (Å²) in [5.41, 5.74) is 1.24. The zero-order valence-electron chi connectivity index (χ0n) is 13.5. The summed E-state index contributed by atoms with van der Waals surface area (Å²) in [4.78, 5) is 12.1. The van der Waals surface area contributed by atoms with Gasteiger partial charge < -0.3 is 10.4 Å². The number of benzene rings is 1. The van der Waals surface area contributed by atoms with Crippen LogP contribution >= 0.6 is 0 Å². The first-order valence-electron chi connectivity index (χ1n) is 7.93. The summed E-state index contributed by atoms with van der Waals surface area (Å²) in [6.07, 6.45) is 2.79. The van der Waals surface area contributed by atoms with Crippen LogP contribution in [-0.4, -0.2) is 16.6 Å². The van der Waals surface area contributed by atoms with Crippen LogP contribution in [0.3, 0.4) is 0 Å². The first-order valence-corrected chi connectivity index (χ1v) is 7.93. The van der Waals surface area contributed by atoms with E-state index in [4.69, 9.17) is 0 Å². The molecule has 3 atom stereocenters. The monoisotopic (exact) mass is 289 g/mol. The third kappa shape index (κ3) is 3.22. The Balaban J connectivity index is 2.36. The van der Waals surface area contributed by atoms with E-state index in [-0.39, 0.29) is 5.92 Å². The van der Waals surface area contributed by atoms with E-state index in [9.17, 15) is 9.90 Å². The molecule has 0 spiro atoms. The third-order valence-electron chi connectivity index (χ3n) is 4.88. The smallest absolute Gasteiger partial charge is 0.329 e. The van der Waals surface area contributed by atoms with Gasteiger partial charge in [0.1, 0.15) is 5.54 Å². The average molecular weight is 289 g/mol. The summed E-state index contributed by atoms with van der Waals surface area (Å²) >= 11 is 0. The minimum Gasteiger partial charge on any atom is -0.479 e. The van der Waals surface area contributed by atoms with Gasteiger partial charge in [-0.15, -0.1) is 0 Å². The maximum absolute atomic E-state index is 12.1. The first kappa shape index (κ1) is 15.9. The maximum atomic E-state index is 12.1. The first-order chi connectivity index (χ1) is 9.85. The van der Waals surface area contributed by atoms with Crippen LogP contribution in [0.1, 0.15) is 45.6 Å². The Morgan fingerprint density at radius 1 is 1.29 bits per heavy atom. The highest BCUT2D eigenvalue weighted by Crippen LogP contribution is 2.43. The summed E-state index contributed by atoms with van der Waals surface area (Å²) < 4.78 is 0. The van der Waals surface area contributed by atoms with Crippen molar-refractivity contribution in [3.63, 3.8) is 0 Å². The quantitative estimate of drug-likeness (QED) is 0.867. The summed E-state index contributed by atoms with van der Waals surface area (Å²) in [5.74, 6) is 0.237. The summed E-state index contributed by atoms with van der Waals surface area (Å²) in [6, 6.07) is 8.01. The molecule has 0 amide bonds. The zero-order chi connectivity index (χ0) is 15.6. The maximum Gasteiger partial charge on any atom is 0.329 e. The highest BCUT2D eigenvalue weighted by molar-refractivity contribution is 5.83. The fourth-order valence-electron chi connectivity index (χ4n) is 3.75. The summed E-state index contributed by atoms with van der Waals surface area (Å²) in [6.45, 7) is 8.46. The van der Waals surface area contributed by atoms with Crippen molar-refractivity contribution in [1.82, 2.24) is 0 Å². The number of nitrogens with one attached hydrogen (secondary N) is 1. The number of carboxylic acid groups (broad SMARTS) is 1. The van der Waals surface area contributed by atoms with Gasteiger partial charge in [0.05, 0.1) is 0 Å². The molecule has 0 heterocycles. The van der Waals surface area contributed by atoms with Gasteiger partial charge in [-0.3, -0.25) is 0 Å². The van der Waals surface area contributed by atoms with Crippen LogP contribution in [0.25, 0.3) is 0 Å². The molecule has 3 nitrogen and oxygen atoms in total. The van der Waals surface area contributed by atoms with Gasteiger partial charge in [-0.05, 0) is 49.7 Å². The van der Waals surface area contributed by atoms with Crippen LogP contribution < -0.4 is 5.32 Å². The second-order valence-corrected chi connectivity index (χ2v) is 7.00. The van der Waals surface area contributed by atoms with Crippen LogP contribution in [-0.2, 0) is 4.79 Å². The molecular weight excluding hydrogens is 262 g/mol. The predicted molar refractivity (Wildman–Crippen MR) is 86.5 cm³/mol. The van der Waals surface area contributed by atoms with Gasteiger partial charge in [0.2, 0.25) is 0 Å². The lowest BCUT2D eigenvalue weighted by Crippen LogP contribution is -2.57. The van der Waals surface area contributed by atoms with Crippen molar-refractivity contribution in [1.29, 1.82) is 0 Å². The molecule has 0 radical (unpaired) electrons. The number of carboxylic acids is 1. The molecule has 1 aromatic rings. The molecule has 2 N–H and O–H groups in total. The molecule has 0 aliphatic heterocycles. The highest BCUT2D eigenvalue weighted by atomic mass is 16.4. The Kier molecular flexibility index (Phi) is 4.60. The van der Waals surface area contributed by atoms with Gasteiger partial charge in [-0.2, -0.15) is 0 Å². The van der Waals surface area contributed by atoms with Gasteiger partial charge in [0.25, 0.3) is 0 Å². The van der Waals surface area contributed by atoms with Gasteiger partial charge in [0, 0.05) is 5.69 Å². The Morgan fingerprint density at radius 3 is 2.43 bits per heavy atom. The second-order valence-electron chi connectivity index (χ2n) is 7.00. The molecular formula is C18H27NO2. The molecule has 3 unspecified atom stereocenters. The van der Waals surface area contributed by atoms with Crippen molar-refractivity contribution in [2.45, 2.75) is 52.5 Å². The minimum absolute atomic E-state index is 0.160. The minimum atomic E-state index is -0.846. The van der Waals surface area contributed by atoms with Crippen LogP contribution in [0, 0.1) is 24.7 Å². The molecule has 21 heavy (non-hydrogen) atoms. The van der Waals surface area contributed by atoms with Gasteiger partial charge in [-0.1, -0.05) is 44.9 Å². The van der Waals surface area contributed by atoms with E-state index in [1.54, 1.807) is 0 Å². The fraction of sp³-hybridized carbons (Fsp3) is 0.611. The molecule has 1 aliphatic carbocycles. The number of carbonyl (C=O) groups is 1. The van der Waals surface area contributed by atoms with Gasteiger partial charge in [0.15, 0.2) is 0 Å². The molecule has 116 valence electrons. The van der Waals surface area contributed by atoms with E-state index in [2.05, 4.69) is 26.1 Å². The molecule has 0 bridgehead atoms. The van der Waals surface area contributed by atoms with Crippen molar-refractivity contribution in [2.75, 3.05) is 5.32 Å². The van der Waals surface area contributed by atoms with Crippen molar-refractivity contribution >= 4 is 11.7 Å². The molecule has 2 rings (SSSR count). The summed E-state index contributed by atoms with van der Waals surface area (Å²) in [7, 11) is 0. The zero-order valence-corrected chi connectivity index (χ0v) is 13.5. The van der Waals surface area contributed by atoms with Crippen LogP contribution in [0.2, 0.25) is 0 Å². The van der Waals surface area contributed by atoms with Crippen molar-refractivity contribution < 1.29 is 9.90 Å². The Morgan fingerprint density at radius 2 is 1.90 bits per heavy atom. The number of rotatable bonds is 4. The van der Waals surface area contributed by atoms with E-state index in [0.717, 1.165) is 18.5 Å². The molecule has 1 aromatic carbocycles. The number of anilines is 1. The lowest BCUT2D eigenvalue weighted by atomic mass is 9.64. The summed E-state index contributed by atoms with van der Waals surface area (Å²) in [5, 5.41) is 13.4. The molecule has 1 saturated carbocycles. The Hall–Kier alpha value is -1.51. The van der Waals surface area contributed by atoms with E-state index >= 15 is 0 Å². The SMILES string of the molecule is Cc1ccc(NC2(C(=O)O)CC(C)CCC2C(C)C)cc1. The van der Waals surface area contributed by atoms with Crippen LogP contribution in [0.5, 0.6) is 0 Å². The standard InChI is InChI=1S/C18H27NO2/c1-12(2)16-10-7-14(4)11-18(16,17(20)21)19-15-8-5-13(3)6-9-15/h5-6,8-9,12,14,16,19H,7,10-11H2,1-4H3,(H,20,21). The lowest BCUT2D eigenvalue weighted by Gasteiger charge is -2.46. The van der Waals surface area contributed by atoms with Crippen LogP contribution in [0.4, 0.5) is 5.69 Å².